The lowest BCUT2D eigenvalue weighted by atomic mass is 10.1. The van der Waals surface area contributed by atoms with Gasteiger partial charge in [-0.15, -0.1) is 0 Å². The second-order valence-electron chi connectivity index (χ2n) is 4.79. The Labute approximate surface area is 114 Å². The molecule has 0 spiro atoms. The molecule has 0 aliphatic carbocycles. The molecule has 0 fully saturated rings. The number of rotatable bonds is 7. The van der Waals surface area contributed by atoms with Crippen molar-refractivity contribution < 1.29 is 9.90 Å². The number of benzene rings is 1. The summed E-state index contributed by atoms with van der Waals surface area (Å²) in [5.74, 6) is -1.16. The van der Waals surface area contributed by atoms with Crippen molar-refractivity contribution in [2.75, 3.05) is 13.1 Å². The van der Waals surface area contributed by atoms with Crippen LogP contribution < -0.4 is 0 Å². The van der Waals surface area contributed by atoms with E-state index in [1.165, 1.54) is 0 Å². The number of hydrogen-bond donors (Lipinski definition) is 1. The topological polar surface area (TPSA) is 64.3 Å². The van der Waals surface area contributed by atoms with Crippen molar-refractivity contribution in [2.24, 2.45) is 5.92 Å². The zero-order valence-electron chi connectivity index (χ0n) is 11.5. The van der Waals surface area contributed by atoms with Gasteiger partial charge in [-0.2, -0.15) is 5.26 Å². The van der Waals surface area contributed by atoms with Crippen LogP contribution in [0.3, 0.4) is 0 Å². The number of carboxylic acid groups (broad SMARTS) is 1. The molecular formula is C15H20N2O2. The fraction of sp³-hybridized carbons (Fsp3) is 0.467. The second-order valence-corrected chi connectivity index (χ2v) is 4.79. The van der Waals surface area contributed by atoms with Crippen LogP contribution in [0.1, 0.15) is 31.4 Å². The largest absolute Gasteiger partial charge is 0.481 e. The summed E-state index contributed by atoms with van der Waals surface area (Å²) >= 11 is 0. The Morgan fingerprint density at radius 2 is 2.26 bits per heavy atom. The molecule has 102 valence electrons. The minimum Gasteiger partial charge on any atom is -0.481 e. The number of nitrogens with zero attached hydrogens (tertiary/aromatic N) is 2. The van der Waals surface area contributed by atoms with Crippen LogP contribution in [0, 0.1) is 17.2 Å². The van der Waals surface area contributed by atoms with Gasteiger partial charge in [-0.25, -0.2) is 0 Å². The highest BCUT2D eigenvalue weighted by atomic mass is 16.4. The molecular weight excluding hydrogens is 240 g/mol. The average molecular weight is 260 g/mol. The van der Waals surface area contributed by atoms with Crippen LogP contribution in [-0.2, 0) is 11.3 Å². The van der Waals surface area contributed by atoms with Crippen molar-refractivity contribution in [1.29, 1.82) is 5.26 Å². The molecule has 0 heterocycles. The molecule has 0 bridgehead atoms. The van der Waals surface area contributed by atoms with Crippen molar-refractivity contribution in [1.82, 2.24) is 4.90 Å². The normalized spacial score (nSPS) is 12.1. The first-order valence-corrected chi connectivity index (χ1v) is 6.51. The molecule has 0 saturated heterocycles. The SMILES string of the molecule is CCCN(Cc1cccc(C#N)c1)CC(C)C(=O)O. The molecule has 0 amide bonds. The molecule has 4 nitrogen and oxygen atoms in total. The summed E-state index contributed by atoms with van der Waals surface area (Å²) in [4.78, 5) is 13.0. The van der Waals surface area contributed by atoms with Crippen molar-refractivity contribution in [3.8, 4) is 6.07 Å². The van der Waals surface area contributed by atoms with Gasteiger partial charge in [0.25, 0.3) is 0 Å². The van der Waals surface area contributed by atoms with E-state index in [1.54, 1.807) is 13.0 Å². The van der Waals surface area contributed by atoms with Crippen LogP contribution in [0.15, 0.2) is 24.3 Å². The predicted octanol–water partition coefficient (Wildman–Crippen LogP) is 2.49. The van der Waals surface area contributed by atoms with Gasteiger partial charge < -0.3 is 5.11 Å². The molecule has 0 aromatic heterocycles. The molecule has 1 unspecified atom stereocenters. The molecule has 4 heteroatoms. The Kier molecular flexibility index (Phi) is 6.04. The summed E-state index contributed by atoms with van der Waals surface area (Å²) in [5.41, 5.74) is 1.69. The van der Waals surface area contributed by atoms with Gasteiger partial charge in [-0.05, 0) is 30.7 Å². The lowest BCUT2D eigenvalue weighted by Gasteiger charge is -2.23. The standard InChI is InChI=1S/C15H20N2O2/c1-3-7-17(10-12(2)15(18)19)11-14-6-4-5-13(8-14)9-16/h4-6,8,12H,3,7,10-11H2,1-2H3,(H,18,19). The van der Waals surface area contributed by atoms with Gasteiger partial charge in [-0.3, -0.25) is 9.69 Å². The summed E-state index contributed by atoms with van der Waals surface area (Å²) in [7, 11) is 0. The highest BCUT2D eigenvalue weighted by Crippen LogP contribution is 2.10. The van der Waals surface area contributed by atoms with Gasteiger partial charge in [0.2, 0.25) is 0 Å². The van der Waals surface area contributed by atoms with Gasteiger partial charge >= 0.3 is 5.97 Å². The van der Waals surface area contributed by atoms with Crippen molar-refractivity contribution in [3.63, 3.8) is 0 Å². The molecule has 1 N–H and O–H groups in total. The van der Waals surface area contributed by atoms with E-state index in [1.807, 2.05) is 18.2 Å². The predicted molar refractivity (Wildman–Crippen MR) is 73.5 cm³/mol. The zero-order valence-corrected chi connectivity index (χ0v) is 11.5. The molecule has 0 radical (unpaired) electrons. The average Bonchev–Trinajstić information content (AvgIpc) is 2.39. The molecule has 0 saturated carbocycles. The maximum absolute atomic E-state index is 10.9. The zero-order chi connectivity index (χ0) is 14.3. The molecule has 0 aliphatic heterocycles. The van der Waals surface area contributed by atoms with Gasteiger partial charge in [0, 0.05) is 13.1 Å². The minimum absolute atomic E-state index is 0.384. The number of aliphatic carboxylic acids is 1. The summed E-state index contributed by atoms with van der Waals surface area (Å²) in [6, 6.07) is 9.57. The van der Waals surface area contributed by atoms with Gasteiger partial charge in [0.15, 0.2) is 0 Å². The Morgan fingerprint density at radius 3 is 2.84 bits per heavy atom. The third-order valence-electron chi connectivity index (χ3n) is 2.96. The first kappa shape index (κ1) is 15.2. The smallest absolute Gasteiger partial charge is 0.307 e. The summed E-state index contributed by atoms with van der Waals surface area (Å²) < 4.78 is 0. The summed E-state index contributed by atoms with van der Waals surface area (Å²) in [6.45, 7) is 5.86. The molecule has 1 atom stereocenters. The van der Waals surface area contributed by atoms with Crippen molar-refractivity contribution in [3.05, 3.63) is 35.4 Å². The Bertz CT molecular complexity index is 465. The monoisotopic (exact) mass is 260 g/mol. The van der Waals surface area contributed by atoms with E-state index in [9.17, 15) is 4.79 Å². The number of carbonyl (C=O) groups is 1. The van der Waals surface area contributed by atoms with Crippen molar-refractivity contribution >= 4 is 5.97 Å². The third-order valence-corrected chi connectivity index (χ3v) is 2.96. The number of hydrogen-bond acceptors (Lipinski definition) is 3. The van der Waals surface area contributed by atoms with E-state index < -0.39 is 5.97 Å². The van der Waals surface area contributed by atoms with Crippen molar-refractivity contribution in [2.45, 2.75) is 26.8 Å². The van der Waals surface area contributed by atoms with E-state index in [0.717, 1.165) is 18.5 Å². The fourth-order valence-electron chi connectivity index (χ4n) is 2.01. The molecule has 1 aromatic rings. The quantitative estimate of drug-likeness (QED) is 0.818. The minimum atomic E-state index is -0.771. The van der Waals surface area contributed by atoms with E-state index in [2.05, 4.69) is 17.9 Å². The van der Waals surface area contributed by atoms with E-state index in [0.29, 0.717) is 18.7 Å². The molecule has 19 heavy (non-hydrogen) atoms. The van der Waals surface area contributed by atoms with E-state index in [4.69, 9.17) is 10.4 Å². The Hall–Kier alpha value is -1.86. The maximum Gasteiger partial charge on any atom is 0.307 e. The number of carboxylic acids is 1. The molecule has 1 aromatic carbocycles. The molecule has 0 aliphatic rings. The second kappa shape index (κ2) is 7.55. The lowest BCUT2D eigenvalue weighted by molar-refractivity contribution is -0.141. The Morgan fingerprint density at radius 1 is 1.53 bits per heavy atom. The maximum atomic E-state index is 10.9. The van der Waals surface area contributed by atoms with Crippen LogP contribution in [0.4, 0.5) is 0 Å². The fourth-order valence-corrected chi connectivity index (χ4v) is 2.01. The summed E-state index contributed by atoms with van der Waals surface area (Å²) in [5, 5.41) is 17.9. The van der Waals surface area contributed by atoms with E-state index >= 15 is 0 Å². The lowest BCUT2D eigenvalue weighted by Crippen LogP contribution is -2.32. The van der Waals surface area contributed by atoms with Gasteiger partial charge in [-0.1, -0.05) is 26.0 Å². The number of nitriles is 1. The van der Waals surface area contributed by atoms with Crippen LogP contribution in [0.2, 0.25) is 0 Å². The Balaban J connectivity index is 2.72. The van der Waals surface area contributed by atoms with Crippen LogP contribution >= 0.6 is 0 Å². The van der Waals surface area contributed by atoms with E-state index in [-0.39, 0.29) is 5.92 Å². The highest BCUT2D eigenvalue weighted by molar-refractivity contribution is 5.69. The van der Waals surface area contributed by atoms with Crippen LogP contribution in [-0.4, -0.2) is 29.1 Å². The van der Waals surface area contributed by atoms with Gasteiger partial charge in [0.1, 0.15) is 0 Å². The van der Waals surface area contributed by atoms with Crippen LogP contribution in [0.5, 0.6) is 0 Å². The first-order chi connectivity index (χ1) is 9.06. The molecule has 1 rings (SSSR count). The third kappa shape index (κ3) is 5.11. The summed E-state index contributed by atoms with van der Waals surface area (Å²) in [6.07, 6.45) is 0.976. The highest BCUT2D eigenvalue weighted by Gasteiger charge is 2.15. The van der Waals surface area contributed by atoms with Crippen LogP contribution in [0.25, 0.3) is 0 Å². The van der Waals surface area contributed by atoms with Gasteiger partial charge in [0.05, 0.1) is 17.6 Å². The first-order valence-electron chi connectivity index (χ1n) is 6.51.